The van der Waals surface area contributed by atoms with Crippen LogP contribution in [0.5, 0.6) is 0 Å². The highest BCUT2D eigenvalue weighted by Gasteiger charge is 2.27. The van der Waals surface area contributed by atoms with E-state index in [0.29, 0.717) is 0 Å². The van der Waals surface area contributed by atoms with E-state index in [-0.39, 0.29) is 10.8 Å². The summed E-state index contributed by atoms with van der Waals surface area (Å²) in [5.74, 6) is 0.943. The Morgan fingerprint density at radius 3 is 2.13 bits per heavy atom. The first kappa shape index (κ1) is 25.1. The first-order chi connectivity index (χ1) is 18.6. The Morgan fingerprint density at radius 2 is 1.33 bits per heavy atom. The van der Waals surface area contributed by atoms with E-state index in [1.165, 1.54) is 44.1 Å². The Bertz CT molecular complexity index is 1830. The van der Waals surface area contributed by atoms with Gasteiger partial charge in [-0.3, -0.25) is 9.55 Å². The lowest BCUT2D eigenvalue weighted by molar-refractivity contribution is 0.574. The molecule has 0 aliphatic carbocycles. The zero-order chi connectivity index (χ0) is 27.4. The van der Waals surface area contributed by atoms with Gasteiger partial charge in [-0.1, -0.05) is 89.2 Å². The molecule has 0 N–H and O–H groups in total. The Balaban J connectivity index is 1.49. The average Bonchev–Trinajstić information content (AvgIpc) is 3.26. The number of pyridine rings is 2. The molecule has 3 nitrogen and oxygen atoms in total. The van der Waals surface area contributed by atoms with Gasteiger partial charge in [-0.25, -0.2) is 4.98 Å². The van der Waals surface area contributed by atoms with Crippen LogP contribution in [-0.2, 0) is 10.8 Å². The molecule has 0 fully saturated rings. The predicted octanol–water partition coefficient (Wildman–Crippen LogP) is 9.17. The third-order valence-electron chi connectivity index (χ3n) is 7.99. The summed E-state index contributed by atoms with van der Waals surface area (Å²) in [4.78, 5) is 9.56. The van der Waals surface area contributed by atoms with E-state index < -0.39 is 0 Å². The molecule has 0 bridgehead atoms. The molecule has 0 amide bonds. The molecular weight excluding hydrogens is 474 g/mol. The lowest BCUT2D eigenvalue weighted by Gasteiger charge is -2.28. The van der Waals surface area contributed by atoms with Gasteiger partial charge < -0.3 is 0 Å². The molecule has 3 heteroatoms. The van der Waals surface area contributed by atoms with Crippen molar-refractivity contribution in [2.75, 3.05) is 0 Å². The Labute approximate surface area is 231 Å². The molecule has 0 saturated heterocycles. The predicted molar refractivity (Wildman–Crippen MR) is 164 cm³/mol. The minimum Gasteiger partial charge on any atom is -0.294 e. The van der Waals surface area contributed by atoms with Crippen molar-refractivity contribution in [2.24, 2.45) is 0 Å². The number of benzene rings is 3. The molecule has 0 aliphatic rings. The van der Waals surface area contributed by atoms with E-state index in [4.69, 9.17) is 9.97 Å². The van der Waals surface area contributed by atoms with Gasteiger partial charge in [-0.15, -0.1) is 0 Å². The SMILES string of the molecule is Cc1ccnc(-n2c3ccccc3c3ccc(-c4cccc(C(C)(C)c5cc(C(C)(C)C)ccn5)c4)cc32)c1. The van der Waals surface area contributed by atoms with E-state index in [1.807, 2.05) is 18.5 Å². The molecule has 6 rings (SSSR count). The second-order valence-electron chi connectivity index (χ2n) is 12.2. The van der Waals surface area contributed by atoms with E-state index in [9.17, 15) is 0 Å². The molecule has 0 atom stereocenters. The summed E-state index contributed by atoms with van der Waals surface area (Å²) in [5, 5.41) is 2.47. The van der Waals surface area contributed by atoms with E-state index in [2.05, 4.69) is 131 Å². The Hall–Kier alpha value is -4.24. The molecule has 0 aliphatic heterocycles. The number of rotatable bonds is 4. The number of nitrogens with zero attached hydrogens (tertiary/aromatic N) is 3. The number of hydrogen-bond donors (Lipinski definition) is 0. The number of aryl methyl sites for hydroxylation is 1. The molecule has 0 unspecified atom stereocenters. The second-order valence-corrected chi connectivity index (χ2v) is 12.2. The highest BCUT2D eigenvalue weighted by molar-refractivity contribution is 6.10. The van der Waals surface area contributed by atoms with Crippen molar-refractivity contribution in [1.82, 2.24) is 14.5 Å². The van der Waals surface area contributed by atoms with Gasteiger partial charge in [-0.05, 0) is 76.6 Å². The van der Waals surface area contributed by atoms with Crippen molar-refractivity contribution >= 4 is 21.8 Å². The van der Waals surface area contributed by atoms with Crippen molar-refractivity contribution < 1.29 is 0 Å². The number of hydrogen-bond acceptors (Lipinski definition) is 2. The van der Waals surface area contributed by atoms with Crippen LogP contribution < -0.4 is 0 Å². The van der Waals surface area contributed by atoms with Gasteiger partial charge in [0.2, 0.25) is 0 Å². The zero-order valence-corrected chi connectivity index (χ0v) is 23.7. The summed E-state index contributed by atoms with van der Waals surface area (Å²) in [6.45, 7) is 13.4. The largest absolute Gasteiger partial charge is 0.294 e. The first-order valence-corrected chi connectivity index (χ1v) is 13.7. The normalized spacial score (nSPS) is 12.4. The maximum atomic E-state index is 4.81. The molecule has 0 radical (unpaired) electrons. The minimum absolute atomic E-state index is 0.0790. The van der Waals surface area contributed by atoms with Gasteiger partial charge in [0.15, 0.2) is 0 Å². The molecule has 0 spiro atoms. The molecule has 3 aromatic carbocycles. The highest BCUT2D eigenvalue weighted by Crippen LogP contribution is 2.37. The maximum absolute atomic E-state index is 4.81. The minimum atomic E-state index is -0.234. The van der Waals surface area contributed by atoms with Crippen LogP contribution in [0.1, 0.15) is 57.0 Å². The second kappa shape index (κ2) is 9.20. The fourth-order valence-corrected chi connectivity index (χ4v) is 5.51. The van der Waals surface area contributed by atoms with E-state index >= 15 is 0 Å². The molecule has 3 heterocycles. The van der Waals surface area contributed by atoms with Crippen LogP contribution in [0, 0.1) is 6.92 Å². The lowest BCUT2D eigenvalue weighted by Crippen LogP contribution is -2.22. The van der Waals surface area contributed by atoms with Crippen LogP contribution in [-0.4, -0.2) is 14.5 Å². The molecule has 6 aromatic rings. The molecular formula is C36H35N3. The third kappa shape index (κ3) is 4.42. The van der Waals surface area contributed by atoms with E-state index in [0.717, 1.165) is 17.0 Å². The zero-order valence-electron chi connectivity index (χ0n) is 23.7. The monoisotopic (exact) mass is 509 g/mol. The average molecular weight is 510 g/mol. The molecule has 0 saturated carbocycles. The first-order valence-electron chi connectivity index (χ1n) is 13.7. The van der Waals surface area contributed by atoms with E-state index in [1.54, 1.807) is 0 Å². The Kier molecular flexibility index (Phi) is 5.91. The van der Waals surface area contributed by atoms with Gasteiger partial charge in [0, 0.05) is 28.6 Å². The van der Waals surface area contributed by atoms with Crippen molar-refractivity contribution in [3.8, 4) is 16.9 Å². The summed E-state index contributed by atoms with van der Waals surface area (Å²) in [6, 6.07) is 32.9. The summed E-state index contributed by atoms with van der Waals surface area (Å²) < 4.78 is 2.29. The summed E-state index contributed by atoms with van der Waals surface area (Å²) in [5.41, 5.74) is 9.40. The number of fused-ring (bicyclic) bond motifs is 3. The topological polar surface area (TPSA) is 30.7 Å². The molecule has 3 aromatic heterocycles. The quantitative estimate of drug-likeness (QED) is 0.237. The summed E-state index contributed by atoms with van der Waals surface area (Å²) in [6.07, 6.45) is 3.84. The fraction of sp³-hybridized carbons (Fsp3) is 0.222. The number of para-hydroxylation sites is 1. The van der Waals surface area contributed by atoms with Crippen molar-refractivity contribution in [2.45, 2.75) is 52.4 Å². The number of aromatic nitrogens is 3. The molecule has 194 valence electrons. The van der Waals surface area contributed by atoms with Gasteiger partial charge in [-0.2, -0.15) is 0 Å². The fourth-order valence-electron chi connectivity index (χ4n) is 5.51. The van der Waals surface area contributed by atoms with Crippen molar-refractivity contribution in [3.63, 3.8) is 0 Å². The van der Waals surface area contributed by atoms with Gasteiger partial charge in [0.25, 0.3) is 0 Å². The summed E-state index contributed by atoms with van der Waals surface area (Å²) in [7, 11) is 0. The maximum Gasteiger partial charge on any atom is 0.137 e. The van der Waals surface area contributed by atoms with Crippen LogP contribution >= 0.6 is 0 Å². The van der Waals surface area contributed by atoms with Gasteiger partial charge >= 0.3 is 0 Å². The Morgan fingerprint density at radius 1 is 0.590 bits per heavy atom. The summed E-state index contributed by atoms with van der Waals surface area (Å²) >= 11 is 0. The van der Waals surface area contributed by atoms with Crippen LogP contribution in [0.3, 0.4) is 0 Å². The standard InChI is InChI=1S/C36H35N3/c1-24-16-18-38-34(20-24)39-31-13-8-7-12-29(31)30-15-14-26(22-32(30)39)25-10-9-11-28(21-25)36(5,6)33-23-27(17-19-37-33)35(2,3)4/h7-23H,1-6H3. The third-order valence-corrected chi connectivity index (χ3v) is 7.99. The van der Waals surface area contributed by atoms with Crippen LogP contribution in [0.2, 0.25) is 0 Å². The smallest absolute Gasteiger partial charge is 0.137 e. The van der Waals surface area contributed by atoms with Crippen LogP contribution in [0.4, 0.5) is 0 Å². The van der Waals surface area contributed by atoms with Crippen LogP contribution in [0.15, 0.2) is 103 Å². The van der Waals surface area contributed by atoms with Gasteiger partial charge in [0.05, 0.1) is 16.7 Å². The van der Waals surface area contributed by atoms with Gasteiger partial charge in [0.1, 0.15) is 5.82 Å². The van der Waals surface area contributed by atoms with Crippen molar-refractivity contribution in [3.05, 3.63) is 126 Å². The van der Waals surface area contributed by atoms with Crippen molar-refractivity contribution in [1.29, 1.82) is 0 Å². The molecule has 39 heavy (non-hydrogen) atoms. The van der Waals surface area contributed by atoms with Crippen LogP contribution in [0.25, 0.3) is 38.8 Å². The lowest BCUT2D eigenvalue weighted by atomic mass is 9.78. The highest BCUT2D eigenvalue weighted by atomic mass is 15.1.